The van der Waals surface area contributed by atoms with Crippen molar-refractivity contribution in [1.29, 1.82) is 0 Å². The van der Waals surface area contributed by atoms with Crippen molar-refractivity contribution in [3.05, 3.63) is 40.8 Å². The van der Waals surface area contributed by atoms with E-state index in [2.05, 4.69) is 9.97 Å². The summed E-state index contributed by atoms with van der Waals surface area (Å²) in [6.45, 7) is 0. The van der Waals surface area contributed by atoms with Crippen molar-refractivity contribution >= 4 is 23.2 Å². The van der Waals surface area contributed by atoms with Gasteiger partial charge in [0, 0.05) is 18.0 Å². The Labute approximate surface area is 85.5 Å². The minimum absolute atomic E-state index is 0.580. The van der Waals surface area contributed by atoms with Crippen LogP contribution in [0.15, 0.2) is 30.6 Å². The Bertz CT molecular complexity index is 423. The number of nitrogens with zero attached hydrogens (tertiary/aromatic N) is 1. The van der Waals surface area contributed by atoms with Crippen LogP contribution < -0.4 is 0 Å². The number of nitrogens with one attached hydrogen (secondary N) is 1. The second-order valence-corrected chi connectivity index (χ2v) is 3.38. The van der Waals surface area contributed by atoms with E-state index in [9.17, 15) is 0 Å². The molecule has 66 valence electrons. The molecule has 0 bridgehead atoms. The van der Waals surface area contributed by atoms with Gasteiger partial charge in [0.05, 0.1) is 10.7 Å². The predicted molar refractivity (Wildman–Crippen MR) is 54.0 cm³/mol. The Morgan fingerprint density at radius 3 is 2.77 bits per heavy atom. The molecule has 2 heterocycles. The van der Waals surface area contributed by atoms with Crippen LogP contribution in [0.25, 0.3) is 11.3 Å². The highest BCUT2D eigenvalue weighted by atomic mass is 35.5. The van der Waals surface area contributed by atoms with Gasteiger partial charge >= 0.3 is 0 Å². The summed E-state index contributed by atoms with van der Waals surface area (Å²) in [5.41, 5.74) is 1.64. The van der Waals surface area contributed by atoms with E-state index >= 15 is 0 Å². The summed E-state index contributed by atoms with van der Waals surface area (Å²) in [6.07, 6.45) is 3.47. The molecular weight excluding hydrogens is 207 g/mol. The third kappa shape index (κ3) is 1.69. The molecule has 0 aliphatic heterocycles. The van der Waals surface area contributed by atoms with E-state index in [0.717, 1.165) is 11.3 Å². The van der Waals surface area contributed by atoms with Gasteiger partial charge in [-0.3, -0.25) is 4.98 Å². The molecular formula is C9H6Cl2N2. The zero-order chi connectivity index (χ0) is 9.26. The van der Waals surface area contributed by atoms with Gasteiger partial charge in [0.1, 0.15) is 5.15 Å². The largest absolute Gasteiger partial charge is 0.352 e. The van der Waals surface area contributed by atoms with Crippen LogP contribution in [0.4, 0.5) is 0 Å². The average molecular weight is 213 g/mol. The lowest BCUT2D eigenvalue weighted by atomic mass is 10.2. The zero-order valence-corrected chi connectivity index (χ0v) is 8.10. The fourth-order valence-corrected chi connectivity index (χ4v) is 1.50. The molecule has 0 atom stereocenters. The van der Waals surface area contributed by atoms with Crippen LogP contribution in [0.1, 0.15) is 0 Å². The Morgan fingerprint density at radius 1 is 1.31 bits per heavy atom. The topological polar surface area (TPSA) is 28.7 Å². The summed E-state index contributed by atoms with van der Waals surface area (Å²) in [4.78, 5) is 7.01. The molecule has 0 saturated carbocycles. The molecule has 0 aliphatic rings. The highest BCUT2D eigenvalue weighted by Gasteiger charge is 2.05. The molecule has 1 N–H and O–H groups in total. The second-order valence-electron chi connectivity index (χ2n) is 2.57. The number of aromatic nitrogens is 2. The normalized spacial score (nSPS) is 10.3. The van der Waals surface area contributed by atoms with Crippen molar-refractivity contribution in [3.63, 3.8) is 0 Å². The third-order valence-electron chi connectivity index (χ3n) is 1.68. The maximum absolute atomic E-state index is 5.95. The first-order chi connectivity index (χ1) is 6.27. The molecule has 13 heavy (non-hydrogen) atoms. The van der Waals surface area contributed by atoms with E-state index in [0.29, 0.717) is 10.2 Å². The third-order valence-corrected chi connectivity index (χ3v) is 2.20. The lowest BCUT2D eigenvalue weighted by Gasteiger charge is -1.97. The molecule has 0 radical (unpaired) electrons. The van der Waals surface area contributed by atoms with Crippen LogP contribution in [0, 0.1) is 0 Å². The summed E-state index contributed by atoms with van der Waals surface area (Å²) >= 11 is 11.7. The van der Waals surface area contributed by atoms with Crippen molar-refractivity contribution in [2.75, 3.05) is 0 Å². The van der Waals surface area contributed by atoms with Gasteiger partial charge < -0.3 is 4.98 Å². The van der Waals surface area contributed by atoms with E-state index in [-0.39, 0.29) is 0 Å². The molecule has 0 aromatic carbocycles. The molecule has 0 fully saturated rings. The van der Waals surface area contributed by atoms with Crippen LogP contribution >= 0.6 is 23.2 Å². The van der Waals surface area contributed by atoms with E-state index in [1.54, 1.807) is 30.6 Å². The molecule has 4 heteroatoms. The van der Waals surface area contributed by atoms with Crippen molar-refractivity contribution in [2.24, 2.45) is 0 Å². The van der Waals surface area contributed by atoms with E-state index in [4.69, 9.17) is 23.2 Å². The molecule has 2 aromatic heterocycles. The van der Waals surface area contributed by atoms with Crippen molar-refractivity contribution in [3.8, 4) is 11.3 Å². The lowest BCUT2D eigenvalue weighted by molar-refractivity contribution is 1.32. The second kappa shape index (κ2) is 3.40. The molecule has 0 saturated heterocycles. The fourth-order valence-electron chi connectivity index (χ4n) is 1.10. The molecule has 0 amide bonds. The molecule has 0 aliphatic carbocycles. The number of rotatable bonds is 1. The van der Waals surface area contributed by atoms with Crippen LogP contribution in [0.3, 0.4) is 0 Å². The van der Waals surface area contributed by atoms with Gasteiger partial charge in [-0.25, -0.2) is 0 Å². The highest BCUT2D eigenvalue weighted by molar-refractivity contribution is 6.33. The van der Waals surface area contributed by atoms with Crippen LogP contribution in [-0.4, -0.2) is 9.97 Å². The molecule has 0 spiro atoms. The van der Waals surface area contributed by atoms with Gasteiger partial charge in [-0.05, 0) is 18.2 Å². The first-order valence-corrected chi connectivity index (χ1v) is 4.48. The molecule has 0 unspecified atom stereocenters. The van der Waals surface area contributed by atoms with E-state index in [1.165, 1.54) is 0 Å². The lowest BCUT2D eigenvalue weighted by Crippen LogP contribution is -1.80. The number of aromatic amines is 1. The summed E-state index contributed by atoms with van der Waals surface area (Å²) in [6, 6.07) is 5.38. The van der Waals surface area contributed by atoms with Gasteiger partial charge in [-0.2, -0.15) is 0 Å². The first kappa shape index (κ1) is 8.60. The number of hydrogen-bond acceptors (Lipinski definition) is 1. The Morgan fingerprint density at radius 2 is 2.15 bits per heavy atom. The minimum atomic E-state index is 0.580. The van der Waals surface area contributed by atoms with Crippen molar-refractivity contribution in [2.45, 2.75) is 0 Å². The zero-order valence-electron chi connectivity index (χ0n) is 6.59. The van der Waals surface area contributed by atoms with Gasteiger partial charge in [-0.1, -0.05) is 23.2 Å². The minimum Gasteiger partial charge on any atom is -0.352 e. The summed E-state index contributed by atoms with van der Waals surface area (Å²) in [7, 11) is 0. The van der Waals surface area contributed by atoms with Gasteiger partial charge in [0.15, 0.2) is 0 Å². The number of H-pyrrole nitrogens is 1. The Hall–Kier alpha value is -0.990. The van der Waals surface area contributed by atoms with Crippen molar-refractivity contribution in [1.82, 2.24) is 9.97 Å². The summed E-state index contributed by atoms with van der Waals surface area (Å²) < 4.78 is 0. The van der Waals surface area contributed by atoms with Crippen LogP contribution in [0.2, 0.25) is 10.2 Å². The monoisotopic (exact) mass is 212 g/mol. The quantitative estimate of drug-likeness (QED) is 0.772. The number of halogens is 2. The van der Waals surface area contributed by atoms with Crippen LogP contribution in [0.5, 0.6) is 0 Å². The first-order valence-electron chi connectivity index (χ1n) is 3.72. The standard InChI is InChI=1S/C9H6Cl2N2/c10-7-2-1-3-12-9(7)6-4-8(11)13-5-6/h1-5,13H. The number of hydrogen-bond donors (Lipinski definition) is 1. The Kier molecular flexibility index (Phi) is 2.25. The fraction of sp³-hybridized carbons (Fsp3) is 0. The Balaban J connectivity index is 2.52. The van der Waals surface area contributed by atoms with Crippen molar-refractivity contribution < 1.29 is 0 Å². The van der Waals surface area contributed by atoms with E-state index in [1.807, 2.05) is 0 Å². The average Bonchev–Trinajstić information content (AvgIpc) is 2.53. The summed E-state index contributed by atoms with van der Waals surface area (Å²) in [5, 5.41) is 1.20. The van der Waals surface area contributed by atoms with Gasteiger partial charge in [0.2, 0.25) is 0 Å². The molecule has 2 rings (SSSR count). The smallest absolute Gasteiger partial charge is 0.106 e. The molecule has 2 nitrogen and oxygen atoms in total. The van der Waals surface area contributed by atoms with Gasteiger partial charge in [-0.15, -0.1) is 0 Å². The van der Waals surface area contributed by atoms with Crippen LogP contribution in [-0.2, 0) is 0 Å². The van der Waals surface area contributed by atoms with Gasteiger partial charge in [0.25, 0.3) is 0 Å². The van der Waals surface area contributed by atoms with E-state index < -0.39 is 0 Å². The SMILES string of the molecule is Clc1cc(-c2ncccc2Cl)c[nH]1. The highest BCUT2D eigenvalue weighted by Crippen LogP contribution is 2.26. The summed E-state index contributed by atoms with van der Waals surface area (Å²) in [5.74, 6) is 0. The maximum atomic E-state index is 5.95. The molecule has 2 aromatic rings. The maximum Gasteiger partial charge on any atom is 0.106 e. The number of pyridine rings is 1. The predicted octanol–water partition coefficient (Wildman–Crippen LogP) is 3.38.